The highest BCUT2D eigenvalue weighted by Gasteiger charge is 2.51. The van der Waals surface area contributed by atoms with Gasteiger partial charge < -0.3 is 71.2 Å². The maximum atomic E-state index is 12.6. The van der Waals surface area contributed by atoms with Crippen molar-refractivity contribution in [3.05, 3.63) is 65.2 Å². The fraction of sp³-hybridized carbons (Fsp3) is 0.771. The Labute approximate surface area is 367 Å². The first-order valence-electron chi connectivity index (χ1n) is 20.3. The van der Waals surface area contributed by atoms with Crippen LogP contribution in [-0.2, 0) is 51.0 Å². The molecular formula is C35H58N4O21P4-2. The van der Waals surface area contributed by atoms with Gasteiger partial charge in [0.25, 0.3) is 11.1 Å². The van der Waals surface area contributed by atoms with Crippen molar-refractivity contribution in [2.45, 2.75) is 128 Å². The molecule has 366 valence electrons. The van der Waals surface area contributed by atoms with E-state index in [1.807, 2.05) is 0 Å². The maximum absolute atomic E-state index is 12.6. The molecule has 0 bridgehead atoms. The number of nitrogens with one attached hydrogen (secondary N) is 2. The van der Waals surface area contributed by atoms with Crippen molar-refractivity contribution in [3.8, 4) is 0 Å². The Morgan fingerprint density at radius 3 is 1.42 bits per heavy atom. The number of aromatic nitrogens is 4. The van der Waals surface area contributed by atoms with E-state index in [4.69, 9.17) is 32.7 Å². The predicted molar refractivity (Wildman–Crippen MR) is 222 cm³/mol. The molecule has 10 atom stereocenters. The molecule has 2 aliphatic heterocycles. The summed E-state index contributed by atoms with van der Waals surface area (Å²) in [5.41, 5.74) is -4.11. The van der Waals surface area contributed by atoms with Crippen LogP contribution in [0.25, 0.3) is 0 Å². The molecule has 1 saturated carbocycles. The van der Waals surface area contributed by atoms with Gasteiger partial charge in [-0.1, -0.05) is 27.7 Å². The summed E-state index contributed by atoms with van der Waals surface area (Å²) >= 11 is 0. The van der Waals surface area contributed by atoms with Crippen LogP contribution in [-0.4, -0.2) is 126 Å². The van der Waals surface area contributed by atoms with Gasteiger partial charge in [0.15, 0.2) is 12.5 Å². The minimum absolute atomic E-state index is 0.00593. The van der Waals surface area contributed by atoms with Crippen molar-refractivity contribution >= 4 is 30.4 Å². The first-order valence-corrected chi connectivity index (χ1v) is 27.1. The molecule has 2 aromatic rings. The largest absolute Gasteiger partial charge is 0.778 e. The summed E-state index contributed by atoms with van der Waals surface area (Å²) < 4.78 is 89.3. The van der Waals surface area contributed by atoms with Crippen LogP contribution in [0.1, 0.15) is 77.0 Å². The maximum Gasteiger partial charge on any atom is 0.330 e. The minimum atomic E-state index is -4.44. The second kappa shape index (κ2) is 22.2. The first-order chi connectivity index (χ1) is 29.5. The van der Waals surface area contributed by atoms with Crippen LogP contribution in [0.15, 0.2) is 31.6 Å². The molecule has 6 N–H and O–H groups in total. The van der Waals surface area contributed by atoms with Crippen molar-refractivity contribution in [1.82, 2.24) is 19.1 Å². The van der Waals surface area contributed by atoms with Crippen LogP contribution in [0.4, 0.5) is 0 Å². The topological polar surface area (TPSA) is 370 Å². The van der Waals surface area contributed by atoms with Crippen LogP contribution < -0.4 is 32.3 Å². The molecule has 10 unspecified atom stereocenters. The zero-order chi connectivity index (χ0) is 48.1. The average Bonchev–Trinajstić information content (AvgIpc) is 3.87. The molecule has 0 spiro atoms. The zero-order valence-corrected chi connectivity index (χ0v) is 39.9. The highest BCUT2D eigenvalue weighted by Crippen LogP contribution is 2.51. The molecule has 29 heteroatoms. The molecule has 4 heterocycles. The van der Waals surface area contributed by atoms with Gasteiger partial charge in [0.2, 0.25) is 0 Å². The lowest BCUT2D eigenvalue weighted by molar-refractivity contribution is -0.210. The summed E-state index contributed by atoms with van der Waals surface area (Å²) in [7, 11) is -16.2. The monoisotopic (exact) mass is 994 g/mol. The first kappa shape index (κ1) is 54.4. The van der Waals surface area contributed by atoms with Crippen LogP contribution in [0, 0.1) is 19.8 Å². The number of aryl methyl sites for hydroxylation is 2. The van der Waals surface area contributed by atoms with Crippen molar-refractivity contribution in [1.29, 1.82) is 0 Å². The number of nitrogens with zero attached hydrogens (tertiary/aromatic N) is 2. The average molecular weight is 995 g/mol. The third-order valence-electron chi connectivity index (χ3n) is 10.4. The smallest absolute Gasteiger partial charge is 0.330 e. The van der Waals surface area contributed by atoms with Gasteiger partial charge in [-0.15, -0.1) is 0 Å². The van der Waals surface area contributed by atoms with Gasteiger partial charge in [0.05, 0.1) is 44.4 Å². The Morgan fingerprint density at radius 2 is 1.08 bits per heavy atom. The van der Waals surface area contributed by atoms with E-state index < -0.39 is 126 Å². The lowest BCUT2D eigenvalue weighted by Gasteiger charge is -2.34. The van der Waals surface area contributed by atoms with Gasteiger partial charge in [-0.05, 0) is 45.4 Å². The van der Waals surface area contributed by atoms with Crippen molar-refractivity contribution in [3.63, 3.8) is 0 Å². The molecule has 2 aromatic heterocycles. The van der Waals surface area contributed by atoms with Crippen molar-refractivity contribution < 1.29 is 80.4 Å². The summed E-state index contributed by atoms with van der Waals surface area (Å²) in [6.07, 6.45) is -6.54. The minimum Gasteiger partial charge on any atom is -0.778 e. The molecular weight excluding hydrogens is 936 g/mol. The number of methoxy groups -OCH3 is 1. The molecule has 5 rings (SSSR count). The Balaban J connectivity index is 0.000000281. The van der Waals surface area contributed by atoms with E-state index >= 15 is 0 Å². The van der Waals surface area contributed by atoms with Gasteiger partial charge in [-0.2, -0.15) is 0 Å². The van der Waals surface area contributed by atoms with Gasteiger partial charge >= 0.3 is 26.6 Å². The summed E-state index contributed by atoms with van der Waals surface area (Å²) in [5, 5.41) is 0. The summed E-state index contributed by atoms with van der Waals surface area (Å²) in [6.45, 7) is 9.11. The van der Waals surface area contributed by atoms with Crippen molar-refractivity contribution in [2.75, 3.05) is 39.3 Å². The Morgan fingerprint density at radius 1 is 0.688 bits per heavy atom. The zero-order valence-electron chi connectivity index (χ0n) is 36.3. The molecule has 1 aliphatic carbocycles. The summed E-state index contributed by atoms with van der Waals surface area (Å²) in [6, 6.07) is 0. The Bertz CT molecular complexity index is 2330. The normalized spacial score (nSPS) is 27.0. The van der Waals surface area contributed by atoms with Gasteiger partial charge in [-0.25, -0.2) is 9.59 Å². The second-order valence-electron chi connectivity index (χ2n) is 16.4. The quantitative estimate of drug-likeness (QED) is 0.0715. The van der Waals surface area contributed by atoms with E-state index in [1.165, 1.54) is 61.0 Å². The molecule has 0 aromatic carbocycles. The van der Waals surface area contributed by atoms with Crippen LogP contribution >= 0.6 is 30.4 Å². The summed E-state index contributed by atoms with van der Waals surface area (Å²) in [4.78, 5) is 115. The van der Waals surface area contributed by atoms with Crippen LogP contribution in [0.5, 0.6) is 0 Å². The highest BCUT2D eigenvalue weighted by molar-refractivity contribution is 7.52. The predicted octanol–water partition coefficient (Wildman–Crippen LogP) is 0.141. The number of aromatic amines is 2. The Hall–Kier alpha value is -2.24. The van der Waals surface area contributed by atoms with Gasteiger partial charge in [-0.3, -0.25) is 37.8 Å². The molecule has 0 amide bonds. The third-order valence-corrected chi connectivity index (χ3v) is 15.7. The van der Waals surface area contributed by atoms with E-state index in [0.717, 1.165) is 22.0 Å². The van der Waals surface area contributed by atoms with Gasteiger partial charge in [0.1, 0.15) is 39.6 Å². The van der Waals surface area contributed by atoms with Crippen LogP contribution in [0.2, 0.25) is 0 Å². The fourth-order valence-electron chi connectivity index (χ4n) is 6.46. The molecule has 2 saturated heterocycles. The van der Waals surface area contributed by atoms with Crippen LogP contribution in [0.3, 0.4) is 0 Å². The lowest BCUT2D eigenvalue weighted by atomic mass is 10.1. The molecule has 0 radical (unpaired) electrons. The van der Waals surface area contributed by atoms with Crippen molar-refractivity contribution in [2.24, 2.45) is 5.92 Å². The molecule has 3 aliphatic rings. The molecule has 3 fully saturated rings. The number of hydrogen-bond donors (Lipinski definition) is 6. The van der Waals surface area contributed by atoms with E-state index in [0.29, 0.717) is 5.92 Å². The van der Waals surface area contributed by atoms with Gasteiger partial charge in [0, 0.05) is 41.9 Å². The second-order valence-corrected chi connectivity index (χ2v) is 24.6. The number of H-pyrrole nitrogens is 2. The fourth-order valence-corrected chi connectivity index (χ4v) is 9.32. The Kier molecular flexibility index (Phi) is 18.9. The number of ether oxygens (including phenoxy) is 5. The standard InChI is InChI=1S/C18H30N2O10P2.C17H30N2O11P2/c1-10(2)32(26,27)30-14-13(6-7-31(23,24)25)29-17(15(14)28-9-12-4-5-12)20-8-11(3)16(21)19-18(20)22;1-10(2)32(25,26)30-13-12(5-8-31(22,23)24)29-16(14(13)28-7-6-27-4)19-9-11(3)15(20)18-17(19)21/h8,10,12-15,17H,4-7,9H2,1-3H3,(H,26,27)(H,19,21,22)(H2,23,24,25);9-10,12-14,16H,5-8H2,1-4H3,(H,25,26)(H,18,20,21)(H2,22,23,24)/p-2. The molecule has 64 heavy (non-hydrogen) atoms. The number of rotatable bonds is 21. The van der Waals surface area contributed by atoms with E-state index in [9.17, 15) is 66.8 Å². The number of hydrogen-bond acceptors (Lipinski definition) is 17. The third kappa shape index (κ3) is 15.1. The van der Waals surface area contributed by atoms with E-state index in [-0.39, 0.29) is 43.8 Å². The SMILES string of the molecule is COCCOC1C(OP(=O)([O-])C(C)C)C(CCP(=O)(O)O)OC1n1cc(C)c(=O)[nH]c1=O.Cc1cn(C2OC(CCP(=O)(O)O)C(OP(=O)([O-])C(C)C)C2OCC2CC2)c(=O)[nH]c1=O. The van der Waals surface area contributed by atoms with E-state index in [1.54, 1.807) is 0 Å². The molecule has 25 nitrogen and oxygen atoms in total. The highest BCUT2D eigenvalue weighted by atomic mass is 31.2. The lowest BCUT2D eigenvalue weighted by Crippen LogP contribution is -2.41. The summed E-state index contributed by atoms with van der Waals surface area (Å²) in [5.74, 6) is 0.295. The van der Waals surface area contributed by atoms with E-state index in [2.05, 4.69) is 9.97 Å².